The van der Waals surface area contributed by atoms with E-state index in [0.29, 0.717) is 12.0 Å². The van der Waals surface area contributed by atoms with E-state index in [9.17, 15) is 4.39 Å². The van der Waals surface area contributed by atoms with Crippen molar-refractivity contribution in [3.63, 3.8) is 0 Å². The third-order valence-corrected chi connectivity index (χ3v) is 3.01. The maximum Gasteiger partial charge on any atom is 0.126 e. The normalized spacial score (nSPS) is 14.1. The second-order valence-corrected chi connectivity index (χ2v) is 4.36. The monoisotopic (exact) mass is 234 g/mol. The van der Waals surface area contributed by atoms with Gasteiger partial charge in [-0.05, 0) is 37.5 Å². The predicted molar refractivity (Wildman–Crippen MR) is 67.0 cm³/mol. The molecule has 0 amide bonds. The lowest BCUT2D eigenvalue weighted by Gasteiger charge is -2.20. The summed E-state index contributed by atoms with van der Waals surface area (Å²) in [6.07, 6.45) is 1.38. The fraction of sp³-hybridized carbons (Fsp3) is 0.500. The first-order valence-corrected chi connectivity index (χ1v) is 5.97. The van der Waals surface area contributed by atoms with E-state index in [1.54, 1.807) is 19.1 Å². The van der Waals surface area contributed by atoms with Crippen LogP contribution in [0.25, 0.3) is 0 Å². The first-order valence-electron chi connectivity index (χ1n) is 5.97. The average Bonchev–Trinajstić information content (AvgIpc) is 2.31. The van der Waals surface area contributed by atoms with Gasteiger partial charge in [0.1, 0.15) is 5.82 Å². The van der Waals surface area contributed by atoms with Crippen molar-refractivity contribution in [1.82, 2.24) is 5.32 Å². The van der Waals surface area contributed by atoms with Crippen LogP contribution in [0.1, 0.15) is 43.9 Å². The van der Waals surface area contributed by atoms with Crippen molar-refractivity contribution in [3.05, 3.63) is 35.1 Å². The van der Waals surface area contributed by atoms with Crippen LogP contribution in [0, 0.1) is 24.1 Å². The Bertz CT molecular complexity index is 409. The minimum absolute atomic E-state index is 0.0587. The number of hydrogen-bond donors (Lipinski definition) is 1. The van der Waals surface area contributed by atoms with Gasteiger partial charge in [0, 0.05) is 12.1 Å². The van der Waals surface area contributed by atoms with Crippen molar-refractivity contribution >= 4 is 0 Å². The molecule has 92 valence electrons. The molecule has 1 rings (SSSR count). The molecule has 0 heterocycles. The lowest BCUT2D eigenvalue weighted by atomic mass is 10.0. The molecule has 0 aliphatic rings. The van der Waals surface area contributed by atoms with Gasteiger partial charge in [0.15, 0.2) is 0 Å². The van der Waals surface area contributed by atoms with Crippen LogP contribution in [-0.2, 0) is 0 Å². The summed E-state index contributed by atoms with van der Waals surface area (Å²) < 4.78 is 13.4. The third kappa shape index (κ3) is 3.83. The molecule has 0 aliphatic heterocycles. The third-order valence-electron chi connectivity index (χ3n) is 3.01. The number of aryl methyl sites for hydroxylation is 1. The molecule has 0 spiro atoms. The van der Waals surface area contributed by atoms with Crippen molar-refractivity contribution in [2.24, 2.45) is 0 Å². The van der Waals surface area contributed by atoms with Crippen LogP contribution in [0.2, 0.25) is 0 Å². The van der Waals surface area contributed by atoms with Gasteiger partial charge < -0.3 is 5.32 Å². The molecule has 0 fully saturated rings. The van der Waals surface area contributed by atoms with E-state index in [4.69, 9.17) is 5.26 Å². The first kappa shape index (κ1) is 13.7. The average molecular weight is 234 g/mol. The van der Waals surface area contributed by atoms with Crippen molar-refractivity contribution in [2.45, 2.75) is 45.7 Å². The summed E-state index contributed by atoms with van der Waals surface area (Å²) in [4.78, 5) is 0. The van der Waals surface area contributed by atoms with Crippen LogP contribution in [0.3, 0.4) is 0 Å². The van der Waals surface area contributed by atoms with Gasteiger partial charge in [-0.25, -0.2) is 4.39 Å². The standard InChI is InChI=1S/C14H19FN2/c1-4-13(7-8-16)17-11(3)12-6-5-10(2)14(15)9-12/h5-6,9,11,13,17H,4,7H2,1-3H3. The number of nitriles is 1. The molecule has 17 heavy (non-hydrogen) atoms. The molecule has 0 bridgehead atoms. The maximum absolute atomic E-state index is 13.4. The highest BCUT2D eigenvalue weighted by Crippen LogP contribution is 2.17. The molecular weight excluding hydrogens is 215 g/mol. The summed E-state index contributed by atoms with van der Waals surface area (Å²) in [6, 6.07) is 7.66. The number of rotatable bonds is 5. The van der Waals surface area contributed by atoms with E-state index < -0.39 is 0 Å². The van der Waals surface area contributed by atoms with Gasteiger partial charge in [-0.1, -0.05) is 19.1 Å². The zero-order chi connectivity index (χ0) is 12.8. The number of nitrogens with zero attached hydrogens (tertiary/aromatic N) is 1. The Morgan fingerprint density at radius 2 is 2.18 bits per heavy atom. The Balaban J connectivity index is 2.72. The van der Waals surface area contributed by atoms with Crippen molar-refractivity contribution in [3.8, 4) is 6.07 Å². The van der Waals surface area contributed by atoms with Crippen LogP contribution in [0.4, 0.5) is 4.39 Å². The Morgan fingerprint density at radius 1 is 1.47 bits per heavy atom. The molecule has 0 saturated heterocycles. The lowest BCUT2D eigenvalue weighted by Crippen LogP contribution is -2.30. The van der Waals surface area contributed by atoms with Crippen molar-refractivity contribution in [2.75, 3.05) is 0 Å². The van der Waals surface area contributed by atoms with Gasteiger partial charge in [0.2, 0.25) is 0 Å². The molecule has 1 aromatic carbocycles. The number of nitrogens with one attached hydrogen (secondary N) is 1. The highest BCUT2D eigenvalue weighted by molar-refractivity contribution is 5.25. The van der Waals surface area contributed by atoms with Crippen LogP contribution in [0.15, 0.2) is 18.2 Å². The van der Waals surface area contributed by atoms with Crippen LogP contribution >= 0.6 is 0 Å². The number of benzene rings is 1. The summed E-state index contributed by atoms with van der Waals surface area (Å²) in [7, 11) is 0. The predicted octanol–water partition coefficient (Wildman–Crippen LogP) is 3.48. The van der Waals surface area contributed by atoms with Crippen LogP contribution in [-0.4, -0.2) is 6.04 Å². The van der Waals surface area contributed by atoms with E-state index in [1.165, 1.54) is 0 Å². The molecule has 1 aromatic rings. The topological polar surface area (TPSA) is 35.8 Å². The fourth-order valence-electron chi connectivity index (χ4n) is 1.76. The van der Waals surface area contributed by atoms with E-state index in [1.807, 2.05) is 19.9 Å². The van der Waals surface area contributed by atoms with Gasteiger partial charge in [0.25, 0.3) is 0 Å². The molecule has 0 aromatic heterocycles. The molecular formula is C14H19FN2. The quantitative estimate of drug-likeness (QED) is 0.846. The minimum Gasteiger partial charge on any atom is -0.306 e. The van der Waals surface area contributed by atoms with Gasteiger partial charge in [-0.3, -0.25) is 0 Å². The summed E-state index contributed by atoms with van der Waals surface area (Å²) in [5.74, 6) is -0.176. The molecule has 2 unspecified atom stereocenters. The molecule has 2 atom stereocenters. The minimum atomic E-state index is -0.176. The van der Waals surface area contributed by atoms with Crippen LogP contribution in [0.5, 0.6) is 0 Å². The first-order chi connectivity index (χ1) is 8.08. The van der Waals surface area contributed by atoms with E-state index >= 15 is 0 Å². The zero-order valence-corrected chi connectivity index (χ0v) is 10.6. The molecule has 2 nitrogen and oxygen atoms in total. The van der Waals surface area contributed by atoms with E-state index in [0.717, 1.165) is 12.0 Å². The highest BCUT2D eigenvalue weighted by atomic mass is 19.1. The molecule has 3 heteroatoms. The van der Waals surface area contributed by atoms with Crippen molar-refractivity contribution in [1.29, 1.82) is 5.26 Å². The van der Waals surface area contributed by atoms with Crippen LogP contribution < -0.4 is 5.32 Å². The zero-order valence-electron chi connectivity index (χ0n) is 10.6. The lowest BCUT2D eigenvalue weighted by molar-refractivity contribution is 0.446. The molecule has 0 saturated carbocycles. The summed E-state index contributed by atoms with van der Waals surface area (Å²) in [5, 5.41) is 12.0. The highest BCUT2D eigenvalue weighted by Gasteiger charge is 2.12. The fourth-order valence-corrected chi connectivity index (χ4v) is 1.76. The SMILES string of the molecule is CCC(CC#N)NC(C)c1ccc(C)c(F)c1. The molecule has 0 aliphatic carbocycles. The Hall–Kier alpha value is -1.40. The molecule has 1 N–H and O–H groups in total. The van der Waals surface area contributed by atoms with Crippen molar-refractivity contribution < 1.29 is 4.39 Å². The van der Waals surface area contributed by atoms with Gasteiger partial charge in [-0.2, -0.15) is 5.26 Å². The summed E-state index contributed by atoms with van der Waals surface area (Å²) in [5.41, 5.74) is 1.58. The smallest absolute Gasteiger partial charge is 0.126 e. The van der Waals surface area contributed by atoms with Gasteiger partial charge in [-0.15, -0.1) is 0 Å². The second-order valence-electron chi connectivity index (χ2n) is 4.36. The number of hydrogen-bond acceptors (Lipinski definition) is 2. The van der Waals surface area contributed by atoms with Gasteiger partial charge >= 0.3 is 0 Å². The Labute approximate surface area is 102 Å². The van der Waals surface area contributed by atoms with E-state index in [2.05, 4.69) is 11.4 Å². The van der Waals surface area contributed by atoms with E-state index in [-0.39, 0.29) is 17.9 Å². The summed E-state index contributed by atoms with van der Waals surface area (Å²) >= 11 is 0. The molecule has 0 radical (unpaired) electrons. The largest absolute Gasteiger partial charge is 0.306 e. The second kappa shape index (κ2) is 6.36. The Morgan fingerprint density at radius 3 is 2.71 bits per heavy atom. The maximum atomic E-state index is 13.4. The summed E-state index contributed by atoms with van der Waals surface area (Å²) in [6.45, 7) is 5.78. The number of halogens is 1. The van der Waals surface area contributed by atoms with Gasteiger partial charge in [0.05, 0.1) is 12.5 Å². The Kier molecular flexibility index (Phi) is 5.11.